The molecule has 4 rings (SSSR count). The predicted molar refractivity (Wildman–Crippen MR) is 151 cm³/mol. The number of hydrogen-bond donors (Lipinski definition) is 1. The highest BCUT2D eigenvalue weighted by molar-refractivity contribution is 6.30. The number of carboxylic acids is 1. The number of benzene rings is 2. The van der Waals surface area contributed by atoms with E-state index in [0.29, 0.717) is 29.6 Å². The number of morpholine rings is 1. The lowest BCUT2D eigenvalue weighted by molar-refractivity contribution is -0.162. The lowest BCUT2D eigenvalue weighted by atomic mass is 9.67. The quantitative estimate of drug-likeness (QED) is 0.403. The molecule has 4 atom stereocenters. The summed E-state index contributed by atoms with van der Waals surface area (Å²) in [6, 6.07) is 15.0. The van der Waals surface area contributed by atoms with Crippen LogP contribution in [0.15, 0.2) is 48.5 Å². The summed E-state index contributed by atoms with van der Waals surface area (Å²) in [6.07, 6.45) is 0.913. The van der Waals surface area contributed by atoms with E-state index in [1.54, 1.807) is 6.92 Å². The average molecular weight is 562 g/mol. The molecule has 0 unspecified atom stereocenters. The van der Waals surface area contributed by atoms with E-state index in [1.807, 2.05) is 53.4 Å². The van der Waals surface area contributed by atoms with Gasteiger partial charge in [-0.05, 0) is 62.1 Å². The fraction of sp³-hybridized carbons (Fsp3) is 0.533. The van der Waals surface area contributed by atoms with Crippen LogP contribution in [0.4, 0.5) is 0 Å². The number of nitrogens with zero attached hydrogens (tertiary/aromatic N) is 2. The SMILES string of the molecule is CC[C@@H](CN1CCOC(C)(C)C1)N1C(=O)[C@](C)(CC(=O)O)C[C@H](c2cccc(Cl)c2)[C@H]1c1ccc(Cl)cc1. The molecule has 1 N–H and O–H groups in total. The zero-order chi connectivity index (χ0) is 27.7. The Morgan fingerprint density at radius 3 is 2.42 bits per heavy atom. The Kier molecular flexibility index (Phi) is 8.78. The second-order valence-corrected chi connectivity index (χ2v) is 12.5. The number of carboxylic acid groups (broad SMARTS) is 1. The maximum Gasteiger partial charge on any atom is 0.304 e. The monoisotopic (exact) mass is 560 g/mol. The van der Waals surface area contributed by atoms with Gasteiger partial charge in [-0.1, -0.05) is 61.3 Å². The highest BCUT2D eigenvalue weighted by Crippen LogP contribution is 2.52. The number of likely N-dealkylation sites (tertiary alicyclic amines) is 1. The van der Waals surface area contributed by atoms with Crippen LogP contribution in [0.5, 0.6) is 0 Å². The van der Waals surface area contributed by atoms with Gasteiger partial charge in [-0.2, -0.15) is 0 Å². The molecule has 38 heavy (non-hydrogen) atoms. The molecule has 0 aromatic heterocycles. The highest BCUT2D eigenvalue weighted by atomic mass is 35.5. The summed E-state index contributed by atoms with van der Waals surface area (Å²) in [4.78, 5) is 30.8. The van der Waals surface area contributed by atoms with Crippen LogP contribution in [0.2, 0.25) is 10.0 Å². The van der Waals surface area contributed by atoms with Crippen molar-refractivity contribution < 1.29 is 19.4 Å². The fourth-order valence-corrected chi connectivity index (χ4v) is 6.59. The molecule has 0 spiro atoms. The number of carbonyl (C=O) groups is 2. The lowest BCUT2D eigenvalue weighted by Gasteiger charge is -2.53. The minimum absolute atomic E-state index is 0.113. The molecule has 0 saturated carbocycles. The molecule has 2 aliphatic rings. The van der Waals surface area contributed by atoms with Gasteiger partial charge in [0.2, 0.25) is 5.91 Å². The van der Waals surface area contributed by atoms with Gasteiger partial charge in [0, 0.05) is 41.6 Å². The van der Waals surface area contributed by atoms with E-state index >= 15 is 0 Å². The van der Waals surface area contributed by atoms with E-state index in [2.05, 4.69) is 25.7 Å². The van der Waals surface area contributed by atoms with Crippen molar-refractivity contribution in [3.05, 3.63) is 69.7 Å². The molecule has 8 heteroatoms. The third-order valence-electron chi connectivity index (χ3n) is 7.97. The van der Waals surface area contributed by atoms with Gasteiger partial charge in [0.15, 0.2) is 0 Å². The van der Waals surface area contributed by atoms with E-state index in [4.69, 9.17) is 27.9 Å². The van der Waals surface area contributed by atoms with Crippen LogP contribution >= 0.6 is 23.2 Å². The molecule has 2 fully saturated rings. The van der Waals surface area contributed by atoms with Crippen molar-refractivity contribution in [2.24, 2.45) is 5.41 Å². The van der Waals surface area contributed by atoms with Gasteiger partial charge >= 0.3 is 5.97 Å². The van der Waals surface area contributed by atoms with Crippen LogP contribution in [0.25, 0.3) is 0 Å². The van der Waals surface area contributed by atoms with E-state index in [0.717, 1.165) is 30.6 Å². The zero-order valence-corrected chi connectivity index (χ0v) is 24.1. The van der Waals surface area contributed by atoms with Crippen LogP contribution in [0.1, 0.15) is 70.0 Å². The molecular formula is C30H38Cl2N2O4. The summed E-state index contributed by atoms with van der Waals surface area (Å²) in [5.41, 5.74) is 0.651. The predicted octanol–water partition coefficient (Wildman–Crippen LogP) is 6.42. The van der Waals surface area contributed by atoms with Crippen molar-refractivity contribution >= 4 is 35.1 Å². The minimum atomic E-state index is -1.06. The van der Waals surface area contributed by atoms with Gasteiger partial charge < -0.3 is 14.7 Å². The Morgan fingerprint density at radius 1 is 1.11 bits per heavy atom. The molecule has 206 valence electrons. The third-order valence-corrected chi connectivity index (χ3v) is 8.46. The number of amides is 1. The second kappa shape index (κ2) is 11.5. The van der Waals surface area contributed by atoms with Crippen LogP contribution in [0, 0.1) is 5.41 Å². The largest absolute Gasteiger partial charge is 0.481 e. The number of carbonyl (C=O) groups excluding carboxylic acids is 1. The number of halogens is 2. The summed E-state index contributed by atoms with van der Waals surface area (Å²) in [5, 5.41) is 11.1. The van der Waals surface area contributed by atoms with Gasteiger partial charge in [0.25, 0.3) is 0 Å². The first-order valence-electron chi connectivity index (χ1n) is 13.3. The maximum absolute atomic E-state index is 14.4. The van der Waals surface area contributed by atoms with Crippen molar-refractivity contribution in [1.82, 2.24) is 9.80 Å². The van der Waals surface area contributed by atoms with Gasteiger partial charge in [0.1, 0.15) is 0 Å². The molecule has 0 aliphatic carbocycles. The number of piperidine rings is 1. The number of hydrogen-bond acceptors (Lipinski definition) is 4. The molecule has 1 amide bonds. The van der Waals surface area contributed by atoms with E-state index in [9.17, 15) is 14.7 Å². The van der Waals surface area contributed by atoms with E-state index in [-0.39, 0.29) is 35.9 Å². The Labute approximate surface area is 235 Å². The number of rotatable bonds is 8. The maximum atomic E-state index is 14.4. The molecule has 2 saturated heterocycles. The lowest BCUT2D eigenvalue weighted by Crippen LogP contribution is -2.59. The first-order valence-corrected chi connectivity index (χ1v) is 14.1. The summed E-state index contributed by atoms with van der Waals surface area (Å²) in [5.74, 6) is -1.23. The van der Waals surface area contributed by atoms with Gasteiger partial charge in [-0.3, -0.25) is 14.5 Å². The van der Waals surface area contributed by atoms with Crippen LogP contribution in [-0.2, 0) is 14.3 Å². The van der Waals surface area contributed by atoms with Crippen LogP contribution < -0.4 is 0 Å². The van der Waals surface area contributed by atoms with Crippen LogP contribution in [-0.4, -0.2) is 64.7 Å². The first-order chi connectivity index (χ1) is 17.9. The van der Waals surface area contributed by atoms with Crippen molar-refractivity contribution in [1.29, 1.82) is 0 Å². The molecule has 2 aliphatic heterocycles. The summed E-state index contributed by atoms with van der Waals surface area (Å²) < 4.78 is 5.93. The van der Waals surface area contributed by atoms with Crippen molar-refractivity contribution in [2.45, 2.75) is 70.6 Å². The smallest absolute Gasteiger partial charge is 0.304 e. The number of aliphatic carboxylic acids is 1. The Bertz CT molecular complexity index is 1160. The Balaban J connectivity index is 1.83. The summed E-state index contributed by atoms with van der Waals surface area (Å²) >= 11 is 12.7. The summed E-state index contributed by atoms with van der Waals surface area (Å²) in [7, 11) is 0. The van der Waals surface area contributed by atoms with Gasteiger partial charge in [-0.25, -0.2) is 0 Å². The average Bonchev–Trinajstić information content (AvgIpc) is 2.84. The van der Waals surface area contributed by atoms with Crippen molar-refractivity contribution in [3.8, 4) is 0 Å². The van der Waals surface area contributed by atoms with Gasteiger partial charge in [0.05, 0.1) is 30.1 Å². The molecule has 0 bridgehead atoms. The van der Waals surface area contributed by atoms with Crippen molar-refractivity contribution in [3.63, 3.8) is 0 Å². The Hall–Kier alpha value is -2.12. The molecular weight excluding hydrogens is 523 g/mol. The minimum Gasteiger partial charge on any atom is -0.481 e. The molecule has 2 heterocycles. The molecule has 0 radical (unpaired) electrons. The second-order valence-electron chi connectivity index (χ2n) is 11.6. The molecule has 6 nitrogen and oxygen atoms in total. The zero-order valence-electron chi connectivity index (χ0n) is 22.6. The van der Waals surface area contributed by atoms with Gasteiger partial charge in [-0.15, -0.1) is 0 Å². The molecule has 2 aromatic rings. The Morgan fingerprint density at radius 2 is 1.82 bits per heavy atom. The molecule has 2 aromatic carbocycles. The van der Waals surface area contributed by atoms with Crippen molar-refractivity contribution in [2.75, 3.05) is 26.2 Å². The fourth-order valence-electron chi connectivity index (χ4n) is 6.26. The summed E-state index contributed by atoms with van der Waals surface area (Å²) in [6.45, 7) is 10.9. The highest BCUT2D eigenvalue weighted by Gasteiger charge is 2.52. The van der Waals surface area contributed by atoms with E-state index < -0.39 is 11.4 Å². The number of ether oxygens (including phenoxy) is 1. The van der Waals surface area contributed by atoms with E-state index in [1.165, 1.54) is 0 Å². The first kappa shape index (κ1) is 28.9. The topological polar surface area (TPSA) is 70.1 Å². The van der Waals surface area contributed by atoms with Crippen LogP contribution in [0.3, 0.4) is 0 Å². The normalized spacial score (nSPS) is 26.8. The standard InChI is InChI=1S/C30H38Cl2N2O4/c1-5-24(18-33-13-14-38-29(2,3)19-33)34-27(20-9-11-22(31)12-10-20)25(21-7-6-8-23(32)15-21)16-30(4,28(34)37)17-26(35)36/h6-12,15,24-25,27H,5,13-14,16-19H2,1-4H3,(H,35,36)/t24-,25+,27+,30-/m0/s1. The third kappa shape index (κ3) is 6.36.